The highest BCUT2D eigenvalue weighted by Gasteiger charge is 2.32. The minimum absolute atomic E-state index is 0.0939. The monoisotopic (exact) mass is 495 g/mol. The van der Waals surface area contributed by atoms with Gasteiger partial charge in [0.15, 0.2) is 11.5 Å². The van der Waals surface area contributed by atoms with Crippen molar-refractivity contribution in [1.29, 1.82) is 0 Å². The van der Waals surface area contributed by atoms with Crippen molar-refractivity contribution in [2.75, 3.05) is 7.11 Å². The number of aryl methyl sites for hydroxylation is 1. The molecule has 4 nitrogen and oxygen atoms in total. The van der Waals surface area contributed by atoms with E-state index in [0.717, 1.165) is 16.7 Å². The van der Waals surface area contributed by atoms with Crippen LogP contribution in [0.25, 0.3) is 6.08 Å². The van der Waals surface area contributed by atoms with Gasteiger partial charge in [0, 0.05) is 10.6 Å². The molecule has 168 valence electrons. The Morgan fingerprint density at radius 2 is 1.82 bits per heavy atom. The molecule has 0 spiro atoms. The Bertz CT molecular complexity index is 1220. The van der Waals surface area contributed by atoms with Crippen LogP contribution in [0.4, 0.5) is 0 Å². The largest absolute Gasteiger partial charge is 0.493 e. The van der Waals surface area contributed by atoms with Crippen LogP contribution in [0.1, 0.15) is 22.3 Å². The lowest BCUT2D eigenvalue weighted by molar-refractivity contribution is -0.122. The third-order valence-electron chi connectivity index (χ3n) is 5.16. The first-order chi connectivity index (χ1) is 15.9. The lowest BCUT2D eigenvalue weighted by atomic mass is 10.1. The molecule has 1 amide bonds. The second kappa shape index (κ2) is 10.4. The maximum Gasteiger partial charge on any atom is 0.266 e. The van der Waals surface area contributed by atoms with Crippen LogP contribution in [-0.2, 0) is 17.9 Å². The van der Waals surface area contributed by atoms with Gasteiger partial charge in [0.05, 0.1) is 18.6 Å². The van der Waals surface area contributed by atoms with Crippen molar-refractivity contribution in [1.82, 2.24) is 4.90 Å². The van der Waals surface area contributed by atoms with E-state index in [-0.39, 0.29) is 5.91 Å². The number of halogens is 1. The second-order valence-corrected chi connectivity index (χ2v) is 9.63. The van der Waals surface area contributed by atoms with Crippen LogP contribution >= 0.6 is 35.6 Å². The zero-order valence-corrected chi connectivity index (χ0v) is 20.6. The lowest BCUT2D eigenvalue weighted by Crippen LogP contribution is -2.27. The predicted octanol–water partition coefficient (Wildman–Crippen LogP) is 6.64. The molecule has 1 saturated heterocycles. The smallest absolute Gasteiger partial charge is 0.266 e. The van der Waals surface area contributed by atoms with Crippen LogP contribution in [0.2, 0.25) is 5.02 Å². The van der Waals surface area contributed by atoms with E-state index in [0.29, 0.717) is 38.9 Å². The molecule has 33 heavy (non-hydrogen) atoms. The molecule has 0 aliphatic carbocycles. The topological polar surface area (TPSA) is 38.8 Å². The summed E-state index contributed by atoms with van der Waals surface area (Å²) < 4.78 is 12.0. The maximum atomic E-state index is 13.0. The molecule has 0 saturated carbocycles. The molecule has 0 unspecified atom stereocenters. The summed E-state index contributed by atoms with van der Waals surface area (Å²) in [5.74, 6) is 1.08. The van der Waals surface area contributed by atoms with Crippen LogP contribution in [0.5, 0.6) is 11.5 Å². The molecular formula is C26H22ClNO3S2. The minimum Gasteiger partial charge on any atom is -0.493 e. The summed E-state index contributed by atoms with van der Waals surface area (Å²) in [6.45, 7) is 2.82. The second-order valence-electron chi connectivity index (χ2n) is 7.54. The number of carbonyl (C=O) groups is 1. The summed E-state index contributed by atoms with van der Waals surface area (Å²) >= 11 is 13.0. The van der Waals surface area contributed by atoms with Gasteiger partial charge >= 0.3 is 0 Å². The van der Waals surface area contributed by atoms with Gasteiger partial charge in [-0.2, -0.15) is 0 Å². The Hall–Kier alpha value is -2.80. The Labute approximate surface area is 208 Å². The molecule has 1 aliphatic rings. The molecule has 1 fully saturated rings. The number of thiocarbonyl (C=S) groups is 1. The van der Waals surface area contributed by atoms with Gasteiger partial charge in [0.25, 0.3) is 5.91 Å². The summed E-state index contributed by atoms with van der Waals surface area (Å²) in [5, 5.41) is 0.653. The Balaban J connectivity index is 1.49. The van der Waals surface area contributed by atoms with E-state index in [1.165, 1.54) is 17.3 Å². The number of methoxy groups -OCH3 is 1. The van der Waals surface area contributed by atoms with Crippen molar-refractivity contribution in [3.63, 3.8) is 0 Å². The van der Waals surface area contributed by atoms with Crippen molar-refractivity contribution in [2.24, 2.45) is 0 Å². The zero-order valence-electron chi connectivity index (χ0n) is 18.2. The van der Waals surface area contributed by atoms with Gasteiger partial charge in [-0.05, 0) is 42.3 Å². The highest BCUT2D eigenvalue weighted by molar-refractivity contribution is 8.26. The lowest BCUT2D eigenvalue weighted by Gasteiger charge is -2.14. The van der Waals surface area contributed by atoms with Gasteiger partial charge in [-0.3, -0.25) is 9.69 Å². The fourth-order valence-electron chi connectivity index (χ4n) is 3.33. The maximum absolute atomic E-state index is 13.0. The van der Waals surface area contributed by atoms with E-state index in [2.05, 4.69) is 0 Å². The number of nitrogens with zero attached hydrogens (tertiary/aromatic N) is 1. The van der Waals surface area contributed by atoms with E-state index < -0.39 is 0 Å². The first kappa shape index (κ1) is 23.4. The van der Waals surface area contributed by atoms with Crippen molar-refractivity contribution < 1.29 is 14.3 Å². The van der Waals surface area contributed by atoms with Crippen molar-refractivity contribution in [2.45, 2.75) is 20.1 Å². The molecule has 0 bridgehead atoms. The molecule has 1 aliphatic heterocycles. The third-order valence-corrected chi connectivity index (χ3v) is 6.91. The Kier molecular flexibility index (Phi) is 7.38. The first-order valence-electron chi connectivity index (χ1n) is 10.3. The minimum atomic E-state index is -0.0939. The molecule has 3 aromatic rings. The molecule has 3 aromatic carbocycles. The number of hydrogen-bond acceptors (Lipinski definition) is 5. The van der Waals surface area contributed by atoms with Crippen LogP contribution in [0, 0.1) is 6.92 Å². The molecule has 0 atom stereocenters. The number of thioether (sulfide) groups is 1. The predicted molar refractivity (Wildman–Crippen MR) is 139 cm³/mol. The van der Waals surface area contributed by atoms with Gasteiger partial charge in [-0.15, -0.1) is 0 Å². The number of rotatable bonds is 7. The summed E-state index contributed by atoms with van der Waals surface area (Å²) in [6, 6.07) is 21.2. The average molecular weight is 496 g/mol. The number of ether oxygens (including phenoxy) is 2. The number of hydrogen-bond donors (Lipinski definition) is 0. The molecular weight excluding hydrogens is 474 g/mol. The van der Waals surface area contributed by atoms with Gasteiger partial charge in [-0.1, -0.05) is 89.7 Å². The van der Waals surface area contributed by atoms with Crippen molar-refractivity contribution >= 4 is 51.9 Å². The first-order valence-corrected chi connectivity index (χ1v) is 11.9. The van der Waals surface area contributed by atoms with Crippen LogP contribution in [0.3, 0.4) is 0 Å². The van der Waals surface area contributed by atoms with Crippen molar-refractivity contribution in [3.05, 3.63) is 98.9 Å². The summed E-state index contributed by atoms with van der Waals surface area (Å²) in [4.78, 5) is 15.2. The van der Waals surface area contributed by atoms with Crippen molar-refractivity contribution in [3.8, 4) is 11.5 Å². The molecule has 0 aromatic heterocycles. The van der Waals surface area contributed by atoms with E-state index in [1.54, 1.807) is 12.0 Å². The number of carbonyl (C=O) groups excluding carboxylic acids is 1. The highest BCUT2D eigenvalue weighted by Crippen LogP contribution is 2.36. The molecule has 1 heterocycles. The number of amides is 1. The van der Waals surface area contributed by atoms with E-state index in [4.69, 9.17) is 33.3 Å². The highest BCUT2D eigenvalue weighted by atomic mass is 35.5. The van der Waals surface area contributed by atoms with Crippen LogP contribution < -0.4 is 9.47 Å². The molecule has 0 N–H and O–H groups in total. The van der Waals surface area contributed by atoms with Crippen LogP contribution in [-0.4, -0.2) is 22.2 Å². The SMILES string of the molecule is COc1cc(/C=C2\SC(=S)N(Cc3ccc(C)cc3)C2=O)ccc1OCc1ccccc1Cl. The Morgan fingerprint density at radius 3 is 2.55 bits per heavy atom. The average Bonchev–Trinajstić information content (AvgIpc) is 3.07. The molecule has 7 heteroatoms. The summed E-state index contributed by atoms with van der Waals surface area (Å²) in [6.07, 6.45) is 1.83. The summed E-state index contributed by atoms with van der Waals surface area (Å²) in [5.41, 5.74) is 3.94. The van der Waals surface area contributed by atoms with E-state index in [1.807, 2.05) is 79.7 Å². The standard InChI is InChI=1S/C26H22ClNO3S2/c1-17-7-9-18(10-8-17)15-28-25(29)24(33-26(28)32)14-19-11-12-22(23(13-19)30-2)31-16-20-5-3-4-6-21(20)27/h3-14H,15-16H2,1-2H3/b24-14-. The molecule has 0 radical (unpaired) electrons. The van der Waals surface area contributed by atoms with Crippen LogP contribution in [0.15, 0.2) is 71.6 Å². The van der Waals surface area contributed by atoms with Gasteiger partial charge < -0.3 is 9.47 Å². The van der Waals surface area contributed by atoms with Gasteiger partial charge in [0.2, 0.25) is 0 Å². The summed E-state index contributed by atoms with van der Waals surface area (Å²) in [7, 11) is 1.59. The quantitative estimate of drug-likeness (QED) is 0.271. The van der Waals surface area contributed by atoms with E-state index in [9.17, 15) is 4.79 Å². The fourth-order valence-corrected chi connectivity index (χ4v) is 4.77. The Morgan fingerprint density at radius 1 is 1.06 bits per heavy atom. The third kappa shape index (κ3) is 5.58. The zero-order chi connectivity index (χ0) is 23.4. The normalized spacial score (nSPS) is 14.8. The van der Waals surface area contributed by atoms with Gasteiger partial charge in [-0.25, -0.2) is 0 Å². The van der Waals surface area contributed by atoms with Gasteiger partial charge in [0.1, 0.15) is 10.9 Å². The fraction of sp³-hybridized carbons (Fsp3) is 0.154. The molecule has 4 rings (SSSR count). The number of benzene rings is 3. The van der Waals surface area contributed by atoms with E-state index >= 15 is 0 Å².